The van der Waals surface area contributed by atoms with Gasteiger partial charge in [0, 0.05) is 19.0 Å². The van der Waals surface area contributed by atoms with Crippen molar-refractivity contribution in [1.82, 2.24) is 24.5 Å². The second kappa shape index (κ2) is 4.95. The molecule has 1 aliphatic rings. The summed E-state index contributed by atoms with van der Waals surface area (Å²) in [5.74, 6) is 1.86. The molecule has 0 aromatic carbocycles. The Bertz CT molecular complexity index is 643. The highest BCUT2D eigenvalue weighted by atomic mass is 16.1. The zero-order chi connectivity index (χ0) is 13.2. The van der Waals surface area contributed by atoms with Crippen molar-refractivity contribution in [3.05, 3.63) is 39.8 Å². The van der Waals surface area contributed by atoms with Gasteiger partial charge in [0.05, 0.1) is 6.20 Å². The molecule has 3 rings (SSSR count). The molecular weight excluding hydrogens is 242 g/mol. The molecule has 0 saturated carbocycles. The molecule has 3 heterocycles. The number of aromatic nitrogens is 5. The van der Waals surface area contributed by atoms with Crippen LogP contribution in [-0.2, 0) is 19.5 Å². The van der Waals surface area contributed by atoms with Crippen LogP contribution in [0.25, 0.3) is 0 Å². The summed E-state index contributed by atoms with van der Waals surface area (Å²) in [6, 6.07) is 1.59. The number of hydrogen-bond donors (Lipinski definition) is 0. The third-order valence-electron chi connectivity index (χ3n) is 3.48. The van der Waals surface area contributed by atoms with E-state index in [1.54, 1.807) is 12.3 Å². The van der Waals surface area contributed by atoms with E-state index in [4.69, 9.17) is 0 Å². The second-order valence-electron chi connectivity index (χ2n) is 5.02. The molecule has 6 heteroatoms. The van der Waals surface area contributed by atoms with Crippen molar-refractivity contribution in [2.45, 2.75) is 45.7 Å². The van der Waals surface area contributed by atoms with Gasteiger partial charge in [0.15, 0.2) is 5.82 Å². The van der Waals surface area contributed by atoms with Crippen LogP contribution in [0.3, 0.4) is 0 Å². The van der Waals surface area contributed by atoms with Crippen LogP contribution in [0.4, 0.5) is 0 Å². The van der Waals surface area contributed by atoms with Crippen LogP contribution < -0.4 is 5.56 Å². The lowest BCUT2D eigenvalue weighted by atomic mass is 10.2. The Morgan fingerprint density at radius 3 is 3.00 bits per heavy atom. The number of rotatable bonds is 2. The third kappa shape index (κ3) is 2.43. The van der Waals surface area contributed by atoms with E-state index in [0.717, 1.165) is 36.6 Å². The van der Waals surface area contributed by atoms with E-state index in [0.29, 0.717) is 6.54 Å². The molecule has 0 aliphatic carbocycles. The van der Waals surface area contributed by atoms with Gasteiger partial charge in [-0.15, -0.1) is 10.2 Å². The van der Waals surface area contributed by atoms with Gasteiger partial charge >= 0.3 is 0 Å². The summed E-state index contributed by atoms with van der Waals surface area (Å²) in [7, 11) is 0. The predicted molar refractivity (Wildman–Crippen MR) is 69.9 cm³/mol. The van der Waals surface area contributed by atoms with Crippen molar-refractivity contribution in [2.75, 3.05) is 0 Å². The van der Waals surface area contributed by atoms with Crippen LogP contribution in [-0.4, -0.2) is 24.5 Å². The molecule has 2 aromatic heterocycles. The van der Waals surface area contributed by atoms with E-state index < -0.39 is 0 Å². The van der Waals surface area contributed by atoms with Crippen molar-refractivity contribution in [3.8, 4) is 0 Å². The Balaban J connectivity index is 1.91. The molecule has 1 aliphatic heterocycles. The normalized spacial score (nSPS) is 15.0. The number of hydrogen-bond acceptors (Lipinski definition) is 4. The van der Waals surface area contributed by atoms with Gasteiger partial charge in [0.25, 0.3) is 5.56 Å². The first-order valence-corrected chi connectivity index (χ1v) is 6.69. The Hall–Kier alpha value is -1.98. The minimum Gasteiger partial charge on any atom is -0.313 e. The molecule has 100 valence electrons. The average Bonchev–Trinajstić information content (AvgIpc) is 2.61. The average molecular weight is 259 g/mol. The SMILES string of the molecule is Cc1cnn(Cc2nnc3n2CCCCC3)c(=O)c1. The van der Waals surface area contributed by atoms with Crippen LogP contribution in [0.15, 0.2) is 17.1 Å². The van der Waals surface area contributed by atoms with E-state index in [2.05, 4.69) is 19.9 Å². The first-order valence-electron chi connectivity index (χ1n) is 6.69. The quantitative estimate of drug-likeness (QED) is 0.804. The summed E-state index contributed by atoms with van der Waals surface area (Å²) < 4.78 is 3.58. The molecule has 0 N–H and O–H groups in total. The van der Waals surface area contributed by atoms with Gasteiger partial charge in [-0.1, -0.05) is 6.42 Å². The third-order valence-corrected chi connectivity index (χ3v) is 3.48. The van der Waals surface area contributed by atoms with E-state index in [-0.39, 0.29) is 5.56 Å². The zero-order valence-electron chi connectivity index (χ0n) is 11.0. The van der Waals surface area contributed by atoms with Gasteiger partial charge in [0.1, 0.15) is 12.4 Å². The number of fused-ring (bicyclic) bond motifs is 1. The fourth-order valence-electron chi connectivity index (χ4n) is 2.44. The molecular formula is C13H17N5O. The highest BCUT2D eigenvalue weighted by Gasteiger charge is 2.15. The molecule has 0 amide bonds. The lowest BCUT2D eigenvalue weighted by Gasteiger charge is -2.07. The molecule has 0 bridgehead atoms. The summed E-state index contributed by atoms with van der Waals surface area (Å²) in [5.41, 5.74) is 0.785. The molecule has 0 spiro atoms. The second-order valence-corrected chi connectivity index (χ2v) is 5.02. The molecule has 0 fully saturated rings. The summed E-state index contributed by atoms with van der Waals surface area (Å²) in [6.45, 7) is 3.20. The Morgan fingerprint density at radius 1 is 1.26 bits per heavy atom. The maximum Gasteiger partial charge on any atom is 0.267 e. The largest absolute Gasteiger partial charge is 0.313 e. The van der Waals surface area contributed by atoms with Crippen molar-refractivity contribution in [2.24, 2.45) is 0 Å². The molecule has 0 atom stereocenters. The van der Waals surface area contributed by atoms with Gasteiger partial charge in [0.2, 0.25) is 0 Å². The number of nitrogens with zero attached hydrogens (tertiary/aromatic N) is 5. The Kier molecular flexibility index (Phi) is 3.15. The van der Waals surface area contributed by atoms with Crippen molar-refractivity contribution in [1.29, 1.82) is 0 Å². The van der Waals surface area contributed by atoms with E-state index in [1.807, 2.05) is 6.92 Å². The van der Waals surface area contributed by atoms with Gasteiger partial charge in [-0.25, -0.2) is 4.68 Å². The van der Waals surface area contributed by atoms with Gasteiger partial charge in [-0.3, -0.25) is 4.79 Å². The monoisotopic (exact) mass is 259 g/mol. The zero-order valence-corrected chi connectivity index (χ0v) is 11.0. The standard InChI is InChI=1S/C13H17N5O/c1-10-7-13(19)18(14-8-10)9-12-16-15-11-5-3-2-4-6-17(11)12/h7-8H,2-6,9H2,1H3. The van der Waals surface area contributed by atoms with Crippen LogP contribution in [0.1, 0.15) is 36.5 Å². The minimum atomic E-state index is -0.0917. The highest BCUT2D eigenvalue weighted by Crippen LogP contribution is 2.14. The van der Waals surface area contributed by atoms with Gasteiger partial charge < -0.3 is 4.57 Å². The van der Waals surface area contributed by atoms with E-state index >= 15 is 0 Å². The molecule has 0 saturated heterocycles. The predicted octanol–water partition coefficient (Wildman–Crippen LogP) is 0.918. The van der Waals surface area contributed by atoms with Gasteiger partial charge in [-0.05, 0) is 25.3 Å². The molecule has 6 nitrogen and oxygen atoms in total. The maximum atomic E-state index is 11.8. The molecule has 19 heavy (non-hydrogen) atoms. The Labute approximate surface area is 111 Å². The van der Waals surface area contributed by atoms with E-state index in [1.165, 1.54) is 17.5 Å². The first-order chi connectivity index (χ1) is 9.24. The lowest BCUT2D eigenvalue weighted by molar-refractivity contribution is 0.552. The minimum absolute atomic E-state index is 0.0917. The maximum absolute atomic E-state index is 11.8. The first kappa shape index (κ1) is 12.1. The lowest BCUT2D eigenvalue weighted by Crippen LogP contribution is -2.24. The smallest absolute Gasteiger partial charge is 0.267 e. The number of aryl methyl sites for hydroxylation is 2. The topological polar surface area (TPSA) is 65.6 Å². The van der Waals surface area contributed by atoms with Crippen molar-refractivity contribution < 1.29 is 0 Å². The van der Waals surface area contributed by atoms with Crippen LogP contribution in [0, 0.1) is 6.92 Å². The summed E-state index contributed by atoms with van der Waals surface area (Å²) in [6.07, 6.45) is 6.21. The molecule has 0 radical (unpaired) electrons. The summed E-state index contributed by atoms with van der Waals surface area (Å²) >= 11 is 0. The fraction of sp³-hybridized carbons (Fsp3) is 0.538. The van der Waals surface area contributed by atoms with Crippen molar-refractivity contribution >= 4 is 0 Å². The molecule has 0 unspecified atom stereocenters. The summed E-state index contributed by atoms with van der Waals surface area (Å²) in [5, 5.41) is 12.6. The van der Waals surface area contributed by atoms with Gasteiger partial charge in [-0.2, -0.15) is 5.10 Å². The van der Waals surface area contributed by atoms with Crippen molar-refractivity contribution in [3.63, 3.8) is 0 Å². The fourth-order valence-corrected chi connectivity index (χ4v) is 2.44. The Morgan fingerprint density at radius 2 is 2.16 bits per heavy atom. The summed E-state index contributed by atoms with van der Waals surface area (Å²) in [4.78, 5) is 11.8. The highest BCUT2D eigenvalue weighted by molar-refractivity contribution is 5.04. The molecule has 2 aromatic rings. The van der Waals surface area contributed by atoms with Crippen LogP contribution in [0.5, 0.6) is 0 Å². The van der Waals surface area contributed by atoms with E-state index in [9.17, 15) is 4.79 Å². The van der Waals surface area contributed by atoms with Crippen LogP contribution in [0.2, 0.25) is 0 Å². The van der Waals surface area contributed by atoms with Crippen LogP contribution >= 0.6 is 0 Å².